The molecule has 1 aliphatic heterocycles. The van der Waals surface area contributed by atoms with E-state index in [0.29, 0.717) is 0 Å². The molecular weight excluding hydrogens is 264 g/mol. The topological polar surface area (TPSA) is 9.23 Å². The van der Waals surface area contributed by atoms with E-state index in [1.165, 1.54) is 10.5 Å². The van der Waals surface area contributed by atoms with Gasteiger partial charge in [-0.1, -0.05) is 54.1 Å². The van der Waals surface area contributed by atoms with Crippen LogP contribution in [0.4, 0.5) is 0 Å². The summed E-state index contributed by atoms with van der Waals surface area (Å²) < 4.78 is 5.40. The maximum absolute atomic E-state index is 5.40. The largest absolute Gasteiger partial charge is 0.492 e. The molecule has 0 saturated carbocycles. The zero-order valence-electron chi connectivity index (χ0n) is 12.2. The number of thioether (sulfide) groups is 1. The first kappa shape index (κ1) is 16.4. The minimum atomic E-state index is 0.849. The van der Waals surface area contributed by atoms with Crippen LogP contribution in [0.3, 0.4) is 0 Å². The monoisotopic (exact) mass is 286 g/mol. The molecule has 2 heteroatoms. The van der Waals surface area contributed by atoms with Crippen molar-refractivity contribution in [3.05, 3.63) is 72.8 Å². The van der Waals surface area contributed by atoms with Gasteiger partial charge in [0.15, 0.2) is 0 Å². The molecule has 106 valence electrons. The highest BCUT2D eigenvalue weighted by Gasteiger charge is 2.07. The Balaban J connectivity index is 0.000000176. The molecule has 1 nitrogen and oxygen atoms in total. The Morgan fingerprint density at radius 1 is 1.05 bits per heavy atom. The maximum Gasteiger partial charge on any atom is 0.132 e. The molecule has 3 rings (SSSR count). The second-order valence-corrected chi connectivity index (χ2v) is 5.34. The number of allylic oxidation sites excluding steroid dienone is 1. The molecule has 0 atom stereocenters. The molecular formula is C18H22OS. The summed E-state index contributed by atoms with van der Waals surface area (Å²) in [5.41, 5.74) is 1.32. The number of rotatable bonds is 0. The van der Waals surface area contributed by atoms with Crippen LogP contribution in [0.5, 0.6) is 5.75 Å². The Kier molecular flexibility index (Phi) is 8.32. The highest BCUT2D eigenvalue weighted by molar-refractivity contribution is 7.99. The number of hydrogen-bond donors (Lipinski definition) is 0. The van der Waals surface area contributed by atoms with Crippen molar-refractivity contribution in [1.29, 1.82) is 0 Å². The van der Waals surface area contributed by atoms with Gasteiger partial charge >= 0.3 is 0 Å². The van der Waals surface area contributed by atoms with Crippen molar-refractivity contribution in [2.75, 3.05) is 12.4 Å². The van der Waals surface area contributed by atoms with E-state index in [-0.39, 0.29) is 0 Å². The first-order valence-electron chi connectivity index (χ1n) is 6.71. The lowest BCUT2D eigenvalue weighted by atomic mass is 10.2. The van der Waals surface area contributed by atoms with Crippen LogP contribution >= 0.6 is 11.8 Å². The van der Waals surface area contributed by atoms with Gasteiger partial charge in [0, 0.05) is 10.6 Å². The van der Waals surface area contributed by atoms with Crippen molar-refractivity contribution >= 4 is 11.8 Å². The standard InChI is InChI=1S/C8H8OS.C7H8.C3H6/c1-2-4-8-7(3-1)9-5-6-10-8;1-7-5-3-2-4-6-7;1-3-2/h1-4H,5-6H2;2-6H,1H3;3H,1H2,2H3. The van der Waals surface area contributed by atoms with Gasteiger partial charge < -0.3 is 4.74 Å². The lowest BCUT2D eigenvalue weighted by Crippen LogP contribution is -2.05. The molecule has 0 radical (unpaired) electrons. The van der Waals surface area contributed by atoms with E-state index < -0.39 is 0 Å². The van der Waals surface area contributed by atoms with Gasteiger partial charge in [-0.25, -0.2) is 0 Å². The van der Waals surface area contributed by atoms with E-state index in [1.807, 2.05) is 55.1 Å². The van der Waals surface area contributed by atoms with E-state index in [9.17, 15) is 0 Å². The van der Waals surface area contributed by atoms with Crippen molar-refractivity contribution < 1.29 is 4.74 Å². The van der Waals surface area contributed by atoms with Gasteiger partial charge in [-0.2, -0.15) is 0 Å². The number of aryl methyl sites for hydroxylation is 1. The van der Waals surface area contributed by atoms with Gasteiger partial charge in [0.25, 0.3) is 0 Å². The van der Waals surface area contributed by atoms with Gasteiger partial charge in [0.2, 0.25) is 0 Å². The average molecular weight is 286 g/mol. The highest BCUT2D eigenvalue weighted by Crippen LogP contribution is 2.31. The second kappa shape index (κ2) is 10.2. The quantitative estimate of drug-likeness (QED) is 0.603. The normalized spacial score (nSPS) is 11.5. The Labute approximate surface area is 126 Å². The molecule has 1 aliphatic rings. The molecule has 0 bridgehead atoms. The molecule has 0 unspecified atom stereocenters. The highest BCUT2D eigenvalue weighted by atomic mass is 32.2. The van der Waals surface area contributed by atoms with Gasteiger partial charge in [0.05, 0.1) is 6.61 Å². The Morgan fingerprint density at radius 3 is 2.20 bits per heavy atom. The summed E-state index contributed by atoms with van der Waals surface area (Å²) in [6.07, 6.45) is 1.75. The maximum atomic E-state index is 5.40. The summed E-state index contributed by atoms with van der Waals surface area (Å²) in [7, 11) is 0. The smallest absolute Gasteiger partial charge is 0.132 e. The summed E-state index contributed by atoms with van der Waals surface area (Å²) in [6, 6.07) is 18.4. The van der Waals surface area contributed by atoms with Crippen LogP contribution in [0.15, 0.2) is 72.1 Å². The lowest BCUT2D eigenvalue weighted by Gasteiger charge is -2.15. The van der Waals surface area contributed by atoms with Crippen LogP contribution in [0.1, 0.15) is 12.5 Å². The third-order valence-corrected chi connectivity index (χ3v) is 3.41. The van der Waals surface area contributed by atoms with Crippen molar-refractivity contribution in [3.8, 4) is 5.75 Å². The van der Waals surface area contributed by atoms with E-state index in [0.717, 1.165) is 18.1 Å². The first-order chi connectivity index (χ1) is 9.77. The van der Waals surface area contributed by atoms with E-state index in [1.54, 1.807) is 6.08 Å². The first-order valence-corrected chi connectivity index (χ1v) is 7.69. The number of benzene rings is 2. The molecule has 1 heterocycles. The summed E-state index contributed by atoms with van der Waals surface area (Å²) in [4.78, 5) is 1.27. The number of fused-ring (bicyclic) bond motifs is 1. The van der Waals surface area contributed by atoms with Crippen molar-refractivity contribution in [2.24, 2.45) is 0 Å². The van der Waals surface area contributed by atoms with E-state index in [2.05, 4.69) is 31.7 Å². The van der Waals surface area contributed by atoms with Crippen LogP contribution in [-0.4, -0.2) is 12.4 Å². The summed E-state index contributed by atoms with van der Waals surface area (Å²) in [5, 5.41) is 0. The number of ether oxygens (including phenoxy) is 1. The van der Waals surface area contributed by atoms with Gasteiger partial charge in [-0.05, 0) is 26.0 Å². The minimum Gasteiger partial charge on any atom is -0.492 e. The summed E-state index contributed by atoms with van der Waals surface area (Å²) in [6.45, 7) is 8.18. The second-order valence-electron chi connectivity index (χ2n) is 4.21. The van der Waals surface area contributed by atoms with Crippen molar-refractivity contribution in [1.82, 2.24) is 0 Å². The number of para-hydroxylation sites is 1. The fourth-order valence-electron chi connectivity index (χ4n) is 1.53. The third kappa shape index (κ3) is 6.48. The van der Waals surface area contributed by atoms with Gasteiger partial charge in [-0.3, -0.25) is 0 Å². The SMILES string of the molecule is C=CC.Cc1ccccc1.c1ccc2c(c1)OCCS2. The van der Waals surface area contributed by atoms with Crippen LogP contribution in [-0.2, 0) is 0 Å². The Hall–Kier alpha value is -1.67. The summed E-state index contributed by atoms with van der Waals surface area (Å²) in [5.74, 6) is 2.12. The van der Waals surface area contributed by atoms with Crippen LogP contribution in [0, 0.1) is 6.92 Å². The van der Waals surface area contributed by atoms with Crippen molar-refractivity contribution in [2.45, 2.75) is 18.7 Å². The fourth-order valence-corrected chi connectivity index (χ4v) is 2.36. The fraction of sp³-hybridized carbons (Fsp3) is 0.222. The predicted octanol–water partition coefficient (Wildman–Crippen LogP) is 5.36. The van der Waals surface area contributed by atoms with Crippen molar-refractivity contribution in [3.63, 3.8) is 0 Å². The molecule has 0 fully saturated rings. The molecule has 0 spiro atoms. The molecule has 0 aromatic heterocycles. The lowest BCUT2D eigenvalue weighted by molar-refractivity contribution is 0.330. The Bertz CT molecular complexity index is 469. The number of hydrogen-bond acceptors (Lipinski definition) is 2. The van der Waals surface area contributed by atoms with Crippen LogP contribution in [0.2, 0.25) is 0 Å². The van der Waals surface area contributed by atoms with Gasteiger partial charge in [-0.15, -0.1) is 18.3 Å². The predicted molar refractivity (Wildman–Crippen MR) is 89.7 cm³/mol. The molecule has 0 saturated heterocycles. The van der Waals surface area contributed by atoms with Gasteiger partial charge in [0.1, 0.15) is 5.75 Å². The Morgan fingerprint density at radius 2 is 1.65 bits per heavy atom. The molecule has 0 aliphatic carbocycles. The molecule has 2 aromatic carbocycles. The van der Waals surface area contributed by atoms with E-state index in [4.69, 9.17) is 4.74 Å². The zero-order chi connectivity index (χ0) is 14.6. The molecule has 2 aromatic rings. The molecule has 0 amide bonds. The third-order valence-electron chi connectivity index (χ3n) is 2.39. The summed E-state index contributed by atoms with van der Waals surface area (Å²) >= 11 is 1.86. The van der Waals surface area contributed by atoms with Crippen LogP contribution < -0.4 is 4.74 Å². The van der Waals surface area contributed by atoms with E-state index >= 15 is 0 Å². The average Bonchev–Trinajstić information content (AvgIpc) is 2.50. The molecule has 0 N–H and O–H groups in total. The zero-order valence-corrected chi connectivity index (χ0v) is 13.0. The molecule has 20 heavy (non-hydrogen) atoms. The van der Waals surface area contributed by atoms with Crippen LogP contribution in [0.25, 0.3) is 0 Å². The minimum absolute atomic E-state index is 0.849.